The van der Waals surface area contributed by atoms with Crippen molar-refractivity contribution in [3.63, 3.8) is 0 Å². The third-order valence-corrected chi connectivity index (χ3v) is 0.519. The Morgan fingerprint density at radius 2 is 1.42 bits per heavy atom. The Balaban J connectivity index is -0.0000000309. The van der Waals surface area contributed by atoms with Crippen LogP contribution < -0.4 is 51.9 Å². The van der Waals surface area contributed by atoms with Crippen LogP contribution in [0.5, 0.6) is 0 Å². The molecule has 0 aromatic carbocycles. The van der Waals surface area contributed by atoms with Gasteiger partial charge in [0.15, 0.2) is 0 Å². The van der Waals surface area contributed by atoms with Gasteiger partial charge in [0, 0.05) is 20.8 Å². The largest absolute Gasteiger partial charge is 1.00 e. The molecule has 0 bridgehead atoms. The van der Waals surface area contributed by atoms with Crippen LogP contribution in [0, 0.1) is 11.3 Å². The van der Waals surface area contributed by atoms with Gasteiger partial charge in [-0.25, -0.2) is 11.3 Å². The number of halogens is 1. The lowest BCUT2D eigenvalue weighted by Gasteiger charge is -1.84. The molecule has 0 atom stereocenters. The summed E-state index contributed by atoms with van der Waals surface area (Å²) in [5, 5.41) is 15.9. The zero-order valence-corrected chi connectivity index (χ0v) is 14.8. The molecule has 14 heteroatoms. The number of amides is 2. The normalized spacial score (nSPS) is 6.50. The van der Waals surface area contributed by atoms with E-state index in [4.69, 9.17) is 21.2 Å². The highest BCUT2D eigenvalue weighted by Gasteiger charge is 1.75. The summed E-state index contributed by atoms with van der Waals surface area (Å²) in [6.45, 7) is 6.52. The Morgan fingerprint density at radius 1 is 1.17 bits per heavy atom. The molecule has 14 N–H and O–H groups in total. The summed E-state index contributed by atoms with van der Waals surface area (Å²) in [6, 6.07) is 1.39. The molecule has 13 nitrogen and oxygen atoms in total. The Kier molecular flexibility index (Phi) is 89.4. The van der Waals surface area contributed by atoms with E-state index < -0.39 is 5.78 Å². The molecule has 0 rings (SSSR count). The van der Waals surface area contributed by atoms with Crippen LogP contribution in [0.1, 0.15) is 27.7 Å². The highest BCUT2D eigenvalue weighted by Crippen LogP contribution is 1.54. The van der Waals surface area contributed by atoms with E-state index in [1.54, 1.807) is 12.3 Å². The summed E-state index contributed by atoms with van der Waals surface area (Å²) >= 11 is 0. The Bertz CT molecular complexity index is 351. The number of hydrogen-bond acceptors (Lipinski definition) is 8. The molecule has 0 aliphatic rings. The van der Waals surface area contributed by atoms with Gasteiger partial charge in [0.1, 0.15) is 17.6 Å². The minimum atomic E-state index is -0.440. The summed E-state index contributed by atoms with van der Waals surface area (Å²) in [5.74, 6) is 12.3. The fourth-order valence-electron chi connectivity index (χ4n) is 0.128. The van der Waals surface area contributed by atoms with Crippen LogP contribution in [0.4, 0.5) is 0 Å². The molecule has 0 radical (unpaired) electrons. The fraction of sp³-hybridized carbons (Fsp3) is 0.400. The number of Topliss-reactive ketones (excluding diaryl/α,β-unsaturated/α-hetero) is 1. The first-order valence-corrected chi connectivity index (χ1v) is 5.37. The van der Waals surface area contributed by atoms with Crippen LogP contribution in [0.15, 0.2) is 5.10 Å². The lowest BCUT2D eigenvalue weighted by Crippen LogP contribution is -3.00. The molecule has 0 unspecified atom stereocenters. The van der Waals surface area contributed by atoms with Gasteiger partial charge in [-0.1, -0.05) is 0 Å². The van der Waals surface area contributed by atoms with E-state index in [1.165, 1.54) is 13.0 Å². The van der Waals surface area contributed by atoms with Crippen LogP contribution in [0.2, 0.25) is 0 Å². The van der Waals surface area contributed by atoms with Gasteiger partial charge in [-0.2, -0.15) is 10.4 Å². The van der Waals surface area contributed by atoms with E-state index in [-0.39, 0.29) is 17.9 Å². The van der Waals surface area contributed by atoms with E-state index in [2.05, 4.69) is 22.6 Å². The summed E-state index contributed by atoms with van der Waals surface area (Å²) < 4.78 is 0. The minimum Gasteiger partial charge on any atom is -1.00 e. The molecule has 0 saturated heterocycles. The van der Waals surface area contributed by atoms with Crippen LogP contribution in [0.25, 0.3) is 0 Å². The highest BCUT2D eigenvalue weighted by molar-refractivity contribution is 5.90. The molecular weight excluding hydrogens is 346 g/mol. The van der Waals surface area contributed by atoms with Crippen molar-refractivity contribution in [3.05, 3.63) is 0 Å². The number of hydrogen-bond donors (Lipinski definition) is 7. The first kappa shape index (κ1) is 42.9. The predicted molar refractivity (Wildman–Crippen MR) is 86.4 cm³/mol. The molecule has 0 aliphatic carbocycles. The molecule has 0 aromatic heterocycles. The van der Waals surface area contributed by atoms with Gasteiger partial charge >= 0.3 is 0 Å². The zero-order chi connectivity index (χ0) is 19.0. The topological polar surface area (TPSA) is 273 Å². The fourth-order valence-corrected chi connectivity index (χ4v) is 0.128. The summed E-state index contributed by atoms with van der Waals surface area (Å²) in [4.78, 5) is 27.8. The predicted octanol–water partition coefficient (Wildman–Crippen LogP) is -8.05. The second-order valence-electron chi connectivity index (χ2n) is 3.03. The summed E-state index contributed by atoms with van der Waals surface area (Å²) in [7, 11) is 0. The van der Waals surface area contributed by atoms with Crippen LogP contribution in [-0.4, -0.2) is 35.6 Å². The standard InChI is InChI=1S/C3H7N3O.C3H3NO.C3H7N.CH4N2O.ClH.H4N2.H2O/c1-3(4)6-5-2-7;1-3(5)2-4;1-3(2)4;2-3-1-4;;1-2;/h2H,1H3,(H2,4,6)(H,5,7);1H3;4H,1-2H3;1H,2H2,(H,3,4);1H;1-2H2;1H2. The van der Waals surface area contributed by atoms with Gasteiger partial charge in [0.25, 0.3) is 0 Å². The van der Waals surface area contributed by atoms with E-state index in [0.29, 0.717) is 18.7 Å². The quantitative estimate of drug-likeness (QED) is 0.0472. The Morgan fingerprint density at radius 3 is 1.46 bits per heavy atom. The molecule has 0 spiro atoms. The highest BCUT2D eigenvalue weighted by atomic mass is 35.5. The monoisotopic (exact) mass is 373 g/mol. The van der Waals surface area contributed by atoms with E-state index in [1.807, 2.05) is 19.3 Å². The van der Waals surface area contributed by atoms with E-state index in [0.717, 1.165) is 5.71 Å². The lowest BCUT2D eigenvalue weighted by molar-refractivity contribution is -0.115. The van der Waals surface area contributed by atoms with Crippen molar-refractivity contribution in [1.29, 1.82) is 5.26 Å². The summed E-state index contributed by atoms with van der Waals surface area (Å²) in [6.07, 6.45) is 0.857. The van der Waals surface area contributed by atoms with Crippen molar-refractivity contribution in [2.45, 2.75) is 27.7 Å². The number of nitrogens with zero attached hydrogens (tertiary/aromatic N) is 2. The number of hydrazone groups is 1. The average molecular weight is 374 g/mol. The Labute approximate surface area is 147 Å². The van der Waals surface area contributed by atoms with Crippen molar-refractivity contribution in [2.24, 2.45) is 28.4 Å². The van der Waals surface area contributed by atoms with Gasteiger partial charge in [-0.05, 0) is 6.92 Å². The van der Waals surface area contributed by atoms with Crippen molar-refractivity contribution in [3.8, 4) is 6.07 Å². The first-order chi connectivity index (χ1) is 10.2. The number of nitriles is 1. The maximum absolute atomic E-state index is 9.45. The molecule has 24 heavy (non-hydrogen) atoms. The molecule has 0 aromatic rings. The van der Waals surface area contributed by atoms with Gasteiger partial charge in [-0.15, -0.1) is 0 Å². The number of nitrogens with one attached hydrogen (secondary N) is 2. The molecule has 2 amide bonds. The SMILES string of the molecule is CC(=O)C#N.CC(C)=[NH2+].CC(N)=NNC=O.NN.NNC=O.O.[Cl-]. The first-order valence-electron chi connectivity index (χ1n) is 5.37. The molecule has 0 fully saturated rings. The van der Waals surface area contributed by atoms with E-state index >= 15 is 0 Å². The zero-order valence-electron chi connectivity index (χ0n) is 14.0. The molecule has 0 aliphatic heterocycles. The number of ketones is 1. The molecule has 0 saturated carbocycles. The number of amidine groups is 1. The second-order valence-corrected chi connectivity index (χ2v) is 3.03. The van der Waals surface area contributed by atoms with Crippen molar-refractivity contribution in [1.82, 2.24) is 10.9 Å². The number of rotatable bonds is 3. The van der Waals surface area contributed by atoms with Crippen LogP contribution in [0.3, 0.4) is 0 Å². The molecular formula is C10H28ClN9O4. The van der Waals surface area contributed by atoms with E-state index in [9.17, 15) is 9.59 Å². The number of carbonyl (C=O) groups is 3. The van der Waals surface area contributed by atoms with Gasteiger partial charge in [0.2, 0.25) is 18.6 Å². The maximum Gasteiger partial charge on any atom is 0.228 e. The average Bonchev–Trinajstić information content (AvgIpc) is 2.47. The van der Waals surface area contributed by atoms with Gasteiger partial charge in [0.05, 0.1) is 0 Å². The van der Waals surface area contributed by atoms with Gasteiger partial charge in [-0.3, -0.25) is 36.9 Å². The van der Waals surface area contributed by atoms with Gasteiger partial charge < -0.3 is 23.6 Å². The summed E-state index contributed by atoms with van der Waals surface area (Å²) in [5.41, 5.74) is 9.70. The minimum absolute atomic E-state index is 0. The lowest BCUT2D eigenvalue weighted by atomic mass is 10.5. The van der Waals surface area contributed by atoms with Crippen molar-refractivity contribution < 1.29 is 37.7 Å². The Hall–Kier alpha value is -2.63. The smallest absolute Gasteiger partial charge is 0.228 e. The van der Waals surface area contributed by atoms with Crippen molar-refractivity contribution in [2.75, 3.05) is 0 Å². The molecule has 0 heterocycles. The number of nitrogens with two attached hydrogens (primary N) is 5. The maximum atomic E-state index is 9.45. The molecule has 144 valence electrons. The van der Waals surface area contributed by atoms with Crippen molar-refractivity contribution >= 4 is 30.2 Å². The van der Waals surface area contributed by atoms with Crippen LogP contribution >= 0.6 is 0 Å². The number of carbonyl (C=O) groups excluding carboxylic acids is 3. The van der Waals surface area contributed by atoms with Crippen LogP contribution in [-0.2, 0) is 14.4 Å². The number of hydrazine groups is 2. The third kappa shape index (κ3) is 342. The third-order valence-electron chi connectivity index (χ3n) is 0.519. The second kappa shape index (κ2) is 49.9.